The van der Waals surface area contributed by atoms with E-state index in [0.29, 0.717) is 18.1 Å². The molecule has 0 aliphatic rings. The third-order valence-electron chi connectivity index (χ3n) is 1.92. The lowest BCUT2D eigenvalue weighted by atomic mass is 10.4. The van der Waals surface area contributed by atoms with Gasteiger partial charge in [0.05, 0.1) is 12.8 Å². The summed E-state index contributed by atoms with van der Waals surface area (Å²) in [6.45, 7) is 0.508. The molecule has 6 heteroatoms. The van der Waals surface area contributed by atoms with Crippen molar-refractivity contribution in [3.8, 4) is 0 Å². The van der Waals surface area contributed by atoms with Gasteiger partial charge in [-0.05, 0) is 12.1 Å². The minimum atomic E-state index is 0.270. The van der Waals surface area contributed by atoms with Crippen LogP contribution in [0.4, 0.5) is 17.3 Å². The first-order valence-electron chi connectivity index (χ1n) is 4.39. The second kappa shape index (κ2) is 3.87. The molecule has 0 fully saturated rings. The van der Waals surface area contributed by atoms with Crippen LogP contribution in [-0.2, 0) is 6.54 Å². The first kappa shape index (κ1) is 9.32. The molecule has 5 N–H and O–H groups in total. The molecule has 2 aromatic rings. The minimum absolute atomic E-state index is 0.270. The Kier molecular flexibility index (Phi) is 2.40. The molecule has 0 saturated heterocycles. The Labute approximate surface area is 86.3 Å². The standard InChI is InChI=1S/C9H11N5O/c10-7-8(11)13-5-14-9(7)12-4-6-2-1-3-15-6/h1-3,5H,4,10H2,(H3,11,12,13,14). The Bertz CT molecular complexity index is 440. The molecular formula is C9H11N5O. The normalized spacial score (nSPS) is 10.1. The van der Waals surface area contributed by atoms with Crippen molar-refractivity contribution in [2.24, 2.45) is 0 Å². The molecule has 0 aliphatic carbocycles. The predicted octanol–water partition coefficient (Wildman–Crippen LogP) is 0.846. The molecule has 15 heavy (non-hydrogen) atoms. The van der Waals surface area contributed by atoms with E-state index in [9.17, 15) is 0 Å². The number of nitrogens with one attached hydrogen (secondary N) is 1. The summed E-state index contributed by atoms with van der Waals surface area (Å²) in [5.74, 6) is 1.58. The summed E-state index contributed by atoms with van der Waals surface area (Å²) >= 11 is 0. The lowest BCUT2D eigenvalue weighted by Gasteiger charge is -2.07. The van der Waals surface area contributed by atoms with Crippen molar-refractivity contribution >= 4 is 17.3 Å². The van der Waals surface area contributed by atoms with E-state index in [1.807, 2.05) is 12.1 Å². The van der Waals surface area contributed by atoms with E-state index < -0.39 is 0 Å². The zero-order chi connectivity index (χ0) is 10.7. The fourth-order valence-corrected chi connectivity index (χ4v) is 1.13. The zero-order valence-electron chi connectivity index (χ0n) is 7.97. The van der Waals surface area contributed by atoms with Gasteiger partial charge in [0.1, 0.15) is 17.8 Å². The predicted molar refractivity (Wildman–Crippen MR) is 56.9 cm³/mol. The van der Waals surface area contributed by atoms with Crippen LogP contribution in [0.2, 0.25) is 0 Å². The topological polar surface area (TPSA) is 103 Å². The zero-order valence-corrected chi connectivity index (χ0v) is 7.97. The molecule has 0 saturated carbocycles. The van der Waals surface area contributed by atoms with E-state index in [1.165, 1.54) is 6.33 Å². The molecule has 0 unspecified atom stereocenters. The van der Waals surface area contributed by atoms with Crippen LogP contribution in [0.5, 0.6) is 0 Å². The molecule has 78 valence electrons. The van der Waals surface area contributed by atoms with Crippen LogP contribution >= 0.6 is 0 Å². The lowest BCUT2D eigenvalue weighted by Crippen LogP contribution is -2.07. The van der Waals surface area contributed by atoms with Crippen LogP contribution in [0.3, 0.4) is 0 Å². The summed E-state index contributed by atoms with van der Waals surface area (Å²) in [6.07, 6.45) is 2.96. The highest BCUT2D eigenvalue weighted by molar-refractivity contribution is 5.71. The average molecular weight is 205 g/mol. The summed E-state index contributed by atoms with van der Waals surface area (Å²) in [4.78, 5) is 7.73. The van der Waals surface area contributed by atoms with Crippen LogP contribution in [0, 0.1) is 0 Å². The molecular weight excluding hydrogens is 194 g/mol. The van der Waals surface area contributed by atoms with Crippen molar-refractivity contribution in [3.05, 3.63) is 30.5 Å². The summed E-state index contributed by atoms with van der Waals surface area (Å²) < 4.78 is 5.15. The number of anilines is 3. The van der Waals surface area contributed by atoms with E-state index in [1.54, 1.807) is 6.26 Å². The Morgan fingerprint density at radius 2 is 2.20 bits per heavy atom. The van der Waals surface area contributed by atoms with E-state index in [0.717, 1.165) is 5.76 Å². The Hall–Kier alpha value is -2.24. The number of hydrogen-bond acceptors (Lipinski definition) is 6. The van der Waals surface area contributed by atoms with Crippen LogP contribution < -0.4 is 16.8 Å². The molecule has 0 amide bonds. The summed E-state index contributed by atoms with van der Waals surface area (Å²) in [7, 11) is 0. The van der Waals surface area contributed by atoms with Gasteiger partial charge in [-0.1, -0.05) is 0 Å². The maximum atomic E-state index is 5.68. The smallest absolute Gasteiger partial charge is 0.155 e. The van der Waals surface area contributed by atoms with Crippen LogP contribution in [0.15, 0.2) is 29.1 Å². The maximum Gasteiger partial charge on any atom is 0.155 e. The molecule has 2 aromatic heterocycles. The SMILES string of the molecule is Nc1ncnc(NCc2ccco2)c1N. The van der Waals surface area contributed by atoms with Crippen molar-refractivity contribution in [2.45, 2.75) is 6.54 Å². The molecule has 6 nitrogen and oxygen atoms in total. The lowest BCUT2D eigenvalue weighted by molar-refractivity contribution is 0.518. The molecule has 2 rings (SSSR count). The maximum absolute atomic E-state index is 5.68. The minimum Gasteiger partial charge on any atom is -0.467 e. The number of nitrogens with two attached hydrogens (primary N) is 2. The highest BCUT2D eigenvalue weighted by Gasteiger charge is 2.04. The molecule has 2 heterocycles. The number of hydrogen-bond donors (Lipinski definition) is 3. The fraction of sp³-hybridized carbons (Fsp3) is 0.111. The Balaban J connectivity index is 2.08. The average Bonchev–Trinajstić information content (AvgIpc) is 2.73. The van der Waals surface area contributed by atoms with Gasteiger partial charge in [-0.25, -0.2) is 9.97 Å². The highest BCUT2D eigenvalue weighted by atomic mass is 16.3. The van der Waals surface area contributed by atoms with Crippen molar-refractivity contribution in [1.82, 2.24) is 9.97 Å². The van der Waals surface area contributed by atoms with Gasteiger partial charge in [0.2, 0.25) is 0 Å². The third kappa shape index (κ3) is 1.98. The van der Waals surface area contributed by atoms with Crippen molar-refractivity contribution in [1.29, 1.82) is 0 Å². The number of nitrogen functional groups attached to an aromatic ring is 2. The number of rotatable bonds is 3. The molecule has 0 aliphatic heterocycles. The van der Waals surface area contributed by atoms with Gasteiger partial charge in [0.25, 0.3) is 0 Å². The number of furan rings is 1. The van der Waals surface area contributed by atoms with Gasteiger partial charge in [0.15, 0.2) is 11.6 Å². The van der Waals surface area contributed by atoms with Gasteiger partial charge >= 0.3 is 0 Å². The first-order chi connectivity index (χ1) is 7.27. The van der Waals surface area contributed by atoms with Gasteiger partial charge in [-0.15, -0.1) is 0 Å². The van der Waals surface area contributed by atoms with E-state index in [4.69, 9.17) is 15.9 Å². The van der Waals surface area contributed by atoms with Crippen molar-refractivity contribution in [3.63, 3.8) is 0 Å². The second-order valence-electron chi connectivity index (χ2n) is 2.95. The van der Waals surface area contributed by atoms with Gasteiger partial charge in [-0.3, -0.25) is 0 Å². The summed E-state index contributed by atoms with van der Waals surface area (Å²) in [5.41, 5.74) is 11.6. The monoisotopic (exact) mass is 205 g/mol. The van der Waals surface area contributed by atoms with Gasteiger partial charge in [-0.2, -0.15) is 0 Å². The highest BCUT2D eigenvalue weighted by Crippen LogP contribution is 2.19. The number of nitrogens with zero attached hydrogens (tertiary/aromatic N) is 2. The molecule has 0 atom stereocenters. The van der Waals surface area contributed by atoms with E-state index in [2.05, 4.69) is 15.3 Å². The first-order valence-corrected chi connectivity index (χ1v) is 4.39. The van der Waals surface area contributed by atoms with Crippen LogP contribution in [0.25, 0.3) is 0 Å². The Morgan fingerprint density at radius 3 is 2.93 bits per heavy atom. The van der Waals surface area contributed by atoms with Crippen LogP contribution in [0.1, 0.15) is 5.76 Å². The fourth-order valence-electron chi connectivity index (χ4n) is 1.13. The van der Waals surface area contributed by atoms with E-state index in [-0.39, 0.29) is 5.82 Å². The van der Waals surface area contributed by atoms with Crippen molar-refractivity contribution < 1.29 is 4.42 Å². The van der Waals surface area contributed by atoms with Gasteiger partial charge in [0, 0.05) is 0 Å². The van der Waals surface area contributed by atoms with Crippen LogP contribution in [-0.4, -0.2) is 9.97 Å². The molecule has 0 aromatic carbocycles. The largest absolute Gasteiger partial charge is 0.467 e. The van der Waals surface area contributed by atoms with E-state index >= 15 is 0 Å². The Morgan fingerprint density at radius 1 is 1.33 bits per heavy atom. The summed E-state index contributed by atoms with van der Waals surface area (Å²) in [6, 6.07) is 3.67. The number of aromatic nitrogens is 2. The molecule has 0 spiro atoms. The second-order valence-corrected chi connectivity index (χ2v) is 2.95. The molecule has 0 radical (unpaired) electrons. The third-order valence-corrected chi connectivity index (χ3v) is 1.92. The van der Waals surface area contributed by atoms with Crippen molar-refractivity contribution in [2.75, 3.05) is 16.8 Å². The van der Waals surface area contributed by atoms with Gasteiger partial charge < -0.3 is 21.2 Å². The summed E-state index contributed by atoms with van der Waals surface area (Å²) in [5, 5.41) is 3.01. The molecule has 0 bridgehead atoms. The quantitative estimate of drug-likeness (QED) is 0.686.